The van der Waals surface area contributed by atoms with Crippen LogP contribution in [0, 0.1) is 0 Å². The van der Waals surface area contributed by atoms with Gasteiger partial charge in [-0.25, -0.2) is 0 Å². The smallest absolute Gasteiger partial charge is 0.274 e. The van der Waals surface area contributed by atoms with E-state index in [0.717, 1.165) is 11.4 Å². The monoisotopic (exact) mass is 233 g/mol. The molecule has 2 aromatic heterocycles. The first-order valence-electron chi connectivity index (χ1n) is 4.77. The van der Waals surface area contributed by atoms with Crippen LogP contribution in [0.3, 0.4) is 0 Å². The van der Waals surface area contributed by atoms with Crippen LogP contribution in [-0.2, 0) is 0 Å². The molecule has 2 N–H and O–H groups in total. The number of nitrogens with zero attached hydrogens (tertiary/aromatic N) is 1. The predicted octanol–water partition coefficient (Wildman–Crippen LogP) is 2.44. The second-order valence-electron chi connectivity index (χ2n) is 3.15. The number of rotatable bonds is 3. The molecule has 0 aliphatic rings. The van der Waals surface area contributed by atoms with Crippen LogP contribution in [0.25, 0.3) is 0 Å². The quantitative estimate of drug-likeness (QED) is 0.856. The summed E-state index contributed by atoms with van der Waals surface area (Å²) in [5.41, 5.74) is 2.06. The number of carbonyl (C=O) groups excluding carboxylic acids is 1. The zero-order chi connectivity index (χ0) is 11.4. The Morgan fingerprint density at radius 3 is 2.94 bits per heavy atom. The lowest BCUT2D eigenvalue weighted by Crippen LogP contribution is -2.13. The summed E-state index contributed by atoms with van der Waals surface area (Å²) in [7, 11) is 1.80. The Kier molecular flexibility index (Phi) is 3.16. The molecule has 16 heavy (non-hydrogen) atoms. The van der Waals surface area contributed by atoms with Crippen molar-refractivity contribution >= 4 is 28.6 Å². The number of amides is 1. The van der Waals surface area contributed by atoms with E-state index in [1.165, 1.54) is 11.3 Å². The summed E-state index contributed by atoms with van der Waals surface area (Å²) in [6.07, 6.45) is 1.61. The van der Waals surface area contributed by atoms with Crippen molar-refractivity contribution in [1.82, 2.24) is 4.98 Å². The van der Waals surface area contributed by atoms with Gasteiger partial charge in [0.15, 0.2) is 0 Å². The van der Waals surface area contributed by atoms with E-state index in [4.69, 9.17) is 0 Å². The fourth-order valence-corrected chi connectivity index (χ4v) is 1.83. The Bertz CT molecular complexity index is 482. The third kappa shape index (κ3) is 2.38. The van der Waals surface area contributed by atoms with E-state index >= 15 is 0 Å². The molecule has 0 aliphatic carbocycles. The SMILES string of the molecule is CNc1ccnc(C(=O)Nc2ccsc2)c1. The highest BCUT2D eigenvalue weighted by molar-refractivity contribution is 7.08. The molecule has 4 nitrogen and oxygen atoms in total. The summed E-state index contributed by atoms with van der Waals surface area (Å²) in [6.45, 7) is 0. The van der Waals surface area contributed by atoms with Crippen molar-refractivity contribution in [3.8, 4) is 0 Å². The lowest BCUT2D eigenvalue weighted by molar-refractivity contribution is 0.102. The Morgan fingerprint density at radius 2 is 2.25 bits per heavy atom. The van der Waals surface area contributed by atoms with Crippen LogP contribution in [-0.4, -0.2) is 17.9 Å². The molecule has 0 spiro atoms. The van der Waals surface area contributed by atoms with Gasteiger partial charge in [0.2, 0.25) is 0 Å². The van der Waals surface area contributed by atoms with Crippen molar-refractivity contribution in [2.75, 3.05) is 17.7 Å². The molecule has 0 saturated carbocycles. The molecule has 2 aromatic rings. The molecule has 0 atom stereocenters. The molecule has 82 valence electrons. The van der Waals surface area contributed by atoms with Gasteiger partial charge in [0.05, 0.1) is 5.69 Å². The first kappa shape index (κ1) is 10.6. The van der Waals surface area contributed by atoms with Crippen LogP contribution in [0.2, 0.25) is 0 Å². The van der Waals surface area contributed by atoms with Gasteiger partial charge in [0.25, 0.3) is 5.91 Å². The van der Waals surface area contributed by atoms with Gasteiger partial charge in [-0.3, -0.25) is 9.78 Å². The highest BCUT2D eigenvalue weighted by atomic mass is 32.1. The summed E-state index contributed by atoms with van der Waals surface area (Å²) in [6, 6.07) is 5.37. The fourth-order valence-electron chi connectivity index (χ4n) is 1.24. The molecule has 0 aromatic carbocycles. The van der Waals surface area contributed by atoms with Crippen molar-refractivity contribution in [3.63, 3.8) is 0 Å². The molecule has 2 heterocycles. The van der Waals surface area contributed by atoms with Crippen LogP contribution in [0.5, 0.6) is 0 Å². The molecule has 0 fully saturated rings. The van der Waals surface area contributed by atoms with E-state index < -0.39 is 0 Å². The van der Waals surface area contributed by atoms with Crippen LogP contribution in [0.15, 0.2) is 35.2 Å². The van der Waals surface area contributed by atoms with Crippen LogP contribution in [0.1, 0.15) is 10.5 Å². The lowest BCUT2D eigenvalue weighted by atomic mass is 10.3. The third-order valence-electron chi connectivity index (χ3n) is 2.06. The summed E-state index contributed by atoms with van der Waals surface area (Å²) in [5.74, 6) is -0.199. The Labute approximate surface area is 97.3 Å². The van der Waals surface area contributed by atoms with Gasteiger partial charge < -0.3 is 10.6 Å². The van der Waals surface area contributed by atoms with Gasteiger partial charge in [-0.05, 0) is 23.6 Å². The zero-order valence-corrected chi connectivity index (χ0v) is 9.54. The molecule has 0 bridgehead atoms. The standard InChI is InChI=1S/C11H11N3OS/c1-12-8-2-4-13-10(6-8)11(15)14-9-3-5-16-7-9/h2-7H,1H3,(H,12,13)(H,14,15). The molecule has 0 saturated heterocycles. The minimum atomic E-state index is -0.199. The normalized spacial score (nSPS) is 9.81. The molecule has 2 rings (SSSR count). The first-order chi connectivity index (χ1) is 7.79. The number of nitrogens with one attached hydrogen (secondary N) is 2. The van der Waals surface area contributed by atoms with Gasteiger partial charge in [-0.1, -0.05) is 0 Å². The number of anilines is 2. The van der Waals surface area contributed by atoms with Crippen LogP contribution in [0.4, 0.5) is 11.4 Å². The molecular formula is C11H11N3OS. The largest absolute Gasteiger partial charge is 0.388 e. The second-order valence-corrected chi connectivity index (χ2v) is 3.93. The van der Waals surface area contributed by atoms with E-state index in [1.54, 1.807) is 25.4 Å². The van der Waals surface area contributed by atoms with Gasteiger partial charge in [-0.15, -0.1) is 0 Å². The Balaban J connectivity index is 2.14. The number of carbonyl (C=O) groups is 1. The van der Waals surface area contributed by atoms with Gasteiger partial charge in [0.1, 0.15) is 5.69 Å². The molecule has 0 unspecified atom stereocenters. The number of hydrogen-bond donors (Lipinski definition) is 2. The molecule has 0 aliphatic heterocycles. The maximum atomic E-state index is 11.8. The average molecular weight is 233 g/mol. The third-order valence-corrected chi connectivity index (χ3v) is 2.74. The minimum Gasteiger partial charge on any atom is -0.388 e. The number of thiophene rings is 1. The van der Waals surface area contributed by atoms with Gasteiger partial charge >= 0.3 is 0 Å². The Hall–Kier alpha value is -1.88. The number of aromatic nitrogens is 1. The molecule has 1 amide bonds. The first-order valence-corrected chi connectivity index (χ1v) is 5.71. The van der Waals surface area contributed by atoms with Crippen molar-refractivity contribution in [1.29, 1.82) is 0 Å². The van der Waals surface area contributed by atoms with E-state index in [0.29, 0.717) is 5.69 Å². The molecular weight excluding hydrogens is 222 g/mol. The predicted molar refractivity (Wildman–Crippen MR) is 66.1 cm³/mol. The van der Waals surface area contributed by atoms with E-state index in [1.807, 2.05) is 16.8 Å². The lowest BCUT2D eigenvalue weighted by Gasteiger charge is -2.04. The molecule has 5 heteroatoms. The van der Waals surface area contributed by atoms with E-state index in [-0.39, 0.29) is 5.91 Å². The summed E-state index contributed by atoms with van der Waals surface area (Å²) in [5, 5.41) is 9.52. The summed E-state index contributed by atoms with van der Waals surface area (Å²) < 4.78 is 0. The maximum absolute atomic E-state index is 11.8. The van der Waals surface area contributed by atoms with Crippen molar-refractivity contribution in [3.05, 3.63) is 40.8 Å². The number of pyridine rings is 1. The van der Waals surface area contributed by atoms with Gasteiger partial charge in [-0.2, -0.15) is 11.3 Å². The van der Waals surface area contributed by atoms with E-state index in [2.05, 4.69) is 15.6 Å². The van der Waals surface area contributed by atoms with E-state index in [9.17, 15) is 4.79 Å². The highest BCUT2D eigenvalue weighted by Crippen LogP contribution is 2.14. The van der Waals surface area contributed by atoms with Crippen molar-refractivity contribution < 1.29 is 4.79 Å². The minimum absolute atomic E-state index is 0.199. The van der Waals surface area contributed by atoms with Crippen molar-refractivity contribution in [2.24, 2.45) is 0 Å². The molecule has 0 radical (unpaired) electrons. The maximum Gasteiger partial charge on any atom is 0.274 e. The Morgan fingerprint density at radius 1 is 1.38 bits per heavy atom. The van der Waals surface area contributed by atoms with Crippen LogP contribution >= 0.6 is 11.3 Å². The number of hydrogen-bond acceptors (Lipinski definition) is 4. The average Bonchev–Trinajstić information content (AvgIpc) is 2.82. The summed E-state index contributed by atoms with van der Waals surface area (Å²) >= 11 is 1.54. The summed E-state index contributed by atoms with van der Waals surface area (Å²) in [4.78, 5) is 15.8. The van der Waals surface area contributed by atoms with Crippen LogP contribution < -0.4 is 10.6 Å². The highest BCUT2D eigenvalue weighted by Gasteiger charge is 2.07. The zero-order valence-electron chi connectivity index (χ0n) is 8.73. The topological polar surface area (TPSA) is 54.0 Å². The second kappa shape index (κ2) is 4.76. The van der Waals surface area contributed by atoms with Crippen molar-refractivity contribution in [2.45, 2.75) is 0 Å². The fraction of sp³-hybridized carbons (Fsp3) is 0.0909. The van der Waals surface area contributed by atoms with Gasteiger partial charge in [0, 0.05) is 24.3 Å².